The third-order valence-corrected chi connectivity index (χ3v) is 7.64. The Morgan fingerprint density at radius 2 is 2.20 bits per heavy atom. The molecule has 0 atom stereocenters. The van der Waals surface area contributed by atoms with Crippen LogP contribution in [0.5, 0.6) is 5.75 Å². The van der Waals surface area contributed by atoms with E-state index in [0.717, 1.165) is 55.1 Å². The number of anilines is 3. The second-order valence-electron chi connectivity index (χ2n) is 8.67. The first kappa shape index (κ1) is 23.5. The summed E-state index contributed by atoms with van der Waals surface area (Å²) in [4.78, 5) is 27.6. The number of nitrogens with one attached hydrogen (secondary N) is 2. The molecule has 1 saturated heterocycles. The summed E-state index contributed by atoms with van der Waals surface area (Å²) in [6.45, 7) is 5.07. The fourth-order valence-corrected chi connectivity index (χ4v) is 5.90. The Labute approximate surface area is 207 Å². The predicted octanol–water partition coefficient (Wildman–Crippen LogP) is 2.63. The molecule has 4 heterocycles. The van der Waals surface area contributed by atoms with Crippen molar-refractivity contribution < 1.29 is 14.3 Å². The number of thiophene rings is 1. The number of morpholine rings is 1. The van der Waals surface area contributed by atoms with Crippen LogP contribution in [0.4, 0.5) is 17.2 Å². The lowest BCUT2D eigenvalue weighted by Crippen LogP contribution is -2.43. The van der Waals surface area contributed by atoms with E-state index in [1.54, 1.807) is 36.9 Å². The van der Waals surface area contributed by atoms with E-state index in [4.69, 9.17) is 20.6 Å². The van der Waals surface area contributed by atoms with Gasteiger partial charge in [0.25, 0.3) is 0 Å². The normalized spacial score (nSPS) is 16.4. The maximum atomic E-state index is 11.9. The number of amides is 1. The Bertz CT molecular complexity index is 1260. The number of fused-ring (bicyclic) bond motifs is 3. The molecule has 35 heavy (non-hydrogen) atoms. The maximum absolute atomic E-state index is 11.9. The van der Waals surface area contributed by atoms with Gasteiger partial charge in [-0.1, -0.05) is 0 Å². The van der Waals surface area contributed by atoms with Crippen LogP contribution in [0.25, 0.3) is 10.2 Å². The highest BCUT2D eigenvalue weighted by Gasteiger charge is 2.25. The average Bonchev–Trinajstić information content (AvgIpc) is 3.24. The summed E-state index contributed by atoms with van der Waals surface area (Å²) in [5.41, 5.74) is 9.11. The molecule has 1 aromatic carbocycles. The standard InChI is InChI=1S/C24H29N7O3S/c1-33-19-10-17(26)15(11-25)9-18(19)29-23-22-16-3-6-30(12-20(16)35-24(22)28-14-27-23)4-2-5-31-7-8-34-13-21(31)32/h9-11,14,25H,2-8,12-13,26H2,1H3,(H,27,28,29). The van der Waals surface area contributed by atoms with Gasteiger partial charge >= 0.3 is 0 Å². The third-order valence-electron chi connectivity index (χ3n) is 6.52. The largest absolute Gasteiger partial charge is 0.494 e. The van der Waals surface area contributed by atoms with Crippen molar-refractivity contribution in [2.45, 2.75) is 19.4 Å². The van der Waals surface area contributed by atoms with E-state index in [1.807, 2.05) is 4.90 Å². The van der Waals surface area contributed by atoms with Crippen molar-refractivity contribution in [1.29, 1.82) is 5.41 Å². The fourth-order valence-electron chi connectivity index (χ4n) is 4.67. The van der Waals surface area contributed by atoms with Crippen LogP contribution in [-0.2, 0) is 22.5 Å². The van der Waals surface area contributed by atoms with Gasteiger partial charge < -0.3 is 30.8 Å². The zero-order chi connectivity index (χ0) is 24.4. The number of nitrogen functional groups attached to an aromatic ring is 1. The first-order valence-corrected chi connectivity index (χ1v) is 12.5. The molecule has 184 valence electrons. The highest BCUT2D eigenvalue weighted by Crippen LogP contribution is 2.39. The van der Waals surface area contributed by atoms with Crippen molar-refractivity contribution in [1.82, 2.24) is 19.8 Å². The van der Waals surface area contributed by atoms with Crippen molar-refractivity contribution in [3.63, 3.8) is 0 Å². The third kappa shape index (κ3) is 4.79. The Kier molecular flexibility index (Phi) is 6.80. The molecule has 2 aliphatic heterocycles. The van der Waals surface area contributed by atoms with Gasteiger partial charge in [-0.25, -0.2) is 9.97 Å². The van der Waals surface area contributed by atoms with Crippen LogP contribution >= 0.6 is 11.3 Å². The van der Waals surface area contributed by atoms with Gasteiger partial charge in [0.1, 0.15) is 29.3 Å². The number of hydrogen-bond acceptors (Lipinski definition) is 10. The van der Waals surface area contributed by atoms with Crippen LogP contribution in [0, 0.1) is 5.41 Å². The molecule has 3 aromatic rings. The van der Waals surface area contributed by atoms with Crippen molar-refractivity contribution in [3.05, 3.63) is 34.5 Å². The molecule has 0 bridgehead atoms. The molecule has 0 unspecified atom stereocenters. The van der Waals surface area contributed by atoms with Crippen LogP contribution in [0.2, 0.25) is 0 Å². The van der Waals surface area contributed by atoms with Crippen LogP contribution < -0.4 is 15.8 Å². The lowest BCUT2D eigenvalue weighted by molar-refractivity contribution is -0.142. The number of rotatable bonds is 8. The number of carbonyl (C=O) groups is 1. The molecule has 4 N–H and O–H groups in total. The molecule has 11 heteroatoms. The molecule has 2 aromatic heterocycles. The van der Waals surface area contributed by atoms with E-state index < -0.39 is 0 Å². The number of nitrogens with zero attached hydrogens (tertiary/aromatic N) is 4. The molecule has 0 aliphatic carbocycles. The summed E-state index contributed by atoms with van der Waals surface area (Å²) in [7, 11) is 1.59. The van der Waals surface area contributed by atoms with Gasteiger partial charge in [-0.2, -0.15) is 0 Å². The monoisotopic (exact) mass is 495 g/mol. The summed E-state index contributed by atoms with van der Waals surface area (Å²) in [5.74, 6) is 1.41. The summed E-state index contributed by atoms with van der Waals surface area (Å²) in [6, 6.07) is 3.52. The Morgan fingerprint density at radius 3 is 3.00 bits per heavy atom. The molecular weight excluding hydrogens is 466 g/mol. The summed E-state index contributed by atoms with van der Waals surface area (Å²) < 4.78 is 10.7. The highest BCUT2D eigenvalue weighted by atomic mass is 32.1. The van der Waals surface area contributed by atoms with Gasteiger partial charge in [-0.05, 0) is 24.5 Å². The van der Waals surface area contributed by atoms with E-state index in [2.05, 4.69) is 20.2 Å². The van der Waals surface area contributed by atoms with Crippen LogP contribution in [-0.4, -0.2) is 78.4 Å². The Hall–Kier alpha value is -3.28. The smallest absolute Gasteiger partial charge is 0.248 e. The Morgan fingerprint density at radius 1 is 1.31 bits per heavy atom. The lowest BCUT2D eigenvalue weighted by Gasteiger charge is -2.30. The molecule has 0 spiro atoms. The molecule has 1 fully saturated rings. The molecule has 0 radical (unpaired) electrons. The first-order valence-electron chi connectivity index (χ1n) is 11.7. The quantitative estimate of drug-likeness (QED) is 0.321. The number of ether oxygens (including phenoxy) is 2. The summed E-state index contributed by atoms with van der Waals surface area (Å²) in [6.07, 6.45) is 4.67. The molecule has 2 aliphatic rings. The zero-order valence-electron chi connectivity index (χ0n) is 19.7. The van der Waals surface area contributed by atoms with E-state index in [0.29, 0.717) is 35.8 Å². The minimum Gasteiger partial charge on any atom is -0.494 e. The Balaban J connectivity index is 1.33. The lowest BCUT2D eigenvalue weighted by atomic mass is 10.0. The van der Waals surface area contributed by atoms with Crippen LogP contribution in [0.15, 0.2) is 18.5 Å². The number of benzene rings is 1. The summed E-state index contributed by atoms with van der Waals surface area (Å²) in [5, 5.41) is 12.1. The van der Waals surface area contributed by atoms with E-state index >= 15 is 0 Å². The number of aromatic nitrogens is 2. The van der Waals surface area contributed by atoms with E-state index in [1.165, 1.54) is 16.7 Å². The minimum absolute atomic E-state index is 0.0887. The maximum Gasteiger partial charge on any atom is 0.248 e. The van der Waals surface area contributed by atoms with E-state index in [9.17, 15) is 4.79 Å². The summed E-state index contributed by atoms with van der Waals surface area (Å²) >= 11 is 1.71. The second-order valence-corrected chi connectivity index (χ2v) is 9.75. The average molecular weight is 496 g/mol. The molecule has 1 amide bonds. The van der Waals surface area contributed by atoms with Crippen molar-refractivity contribution in [2.24, 2.45) is 0 Å². The number of hydrogen-bond donors (Lipinski definition) is 3. The van der Waals surface area contributed by atoms with Gasteiger partial charge in [0.15, 0.2) is 0 Å². The van der Waals surface area contributed by atoms with E-state index in [-0.39, 0.29) is 12.5 Å². The topological polar surface area (TPSA) is 130 Å². The SMILES string of the molecule is COc1cc(N)c(C=N)cc1Nc1ncnc2sc3c(c12)CCN(CCCN1CCOCC1=O)C3. The fraction of sp³-hybridized carbons (Fsp3) is 0.417. The predicted molar refractivity (Wildman–Crippen MR) is 137 cm³/mol. The van der Waals surface area contributed by atoms with Crippen LogP contribution in [0.3, 0.4) is 0 Å². The van der Waals surface area contributed by atoms with Crippen molar-refractivity contribution >= 4 is 50.9 Å². The van der Waals surface area contributed by atoms with Gasteiger partial charge in [-0.3, -0.25) is 9.69 Å². The minimum atomic E-state index is 0.0887. The van der Waals surface area contributed by atoms with Gasteiger partial charge in [0.2, 0.25) is 5.91 Å². The first-order chi connectivity index (χ1) is 17.1. The van der Waals surface area contributed by atoms with Gasteiger partial charge in [-0.15, -0.1) is 11.3 Å². The van der Waals surface area contributed by atoms with Crippen molar-refractivity contribution in [3.8, 4) is 5.75 Å². The van der Waals surface area contributed by atoms with Crippen molar-refractivity contribution in [2.75, 3.05) is 57.6 Å². The highest BCUT2D eigenvalue weighted by molar-refractivity contribution is 7.19. The number of nitrogens with two attached hydrogens (primary N) is 1. The zero-order valence-corrected chi connectivity index (χ0v) is 20.5. The van der Waals surface area contributed by atoms with Gasteiger partial charge in [0.05, 0.1) is 24.8 Å². The van der Waals surface area contributed by atoms with Gasteiger partial charge in [0, 0.05) is 61.1 Å². The second kappa shape index (κ2) is 10.1. The molecule has 10 nitrogen and oxygen atoms in total. The molecular formula is C24H29N7O3S. The van der Waals surface area contributed by atoms with Crippen LogP contribution in [0.1, 0.15) is 22.4 Å². The number of methoxy groups -OCH3 is 1. The molecule has 5 rings (SSSR count). The molecule has 0 saturated carbocycles. The number of carbonyl (C=O) groups excluding carboxylic acids is 1.